The Morgan fingerprint density at radius 2 is 1.89 bits per heavy atom. The van der Waals surface area contributed by atoms with E-state index in [2.05, 4.69) is 26.6 Å². The summed E-state index contributed by atoms with van der Waals surface area (Å²) in [6.45, 7) is 4.36. The summed E-state index contributed by atoms with van der Waals surface area (Å²) in [6.07, 6.45) is 3.34. The van der Waals surface area contributed by atoms with E-state index in [0.29, 0.717) is 17.2 Å². The van der Waals surface area contributed by atoms with Gasteiger partial charge in [-0.15, -0.1) is 0 Å². The second kappa shape index (κ2) is 9.31. The van der Waals surface area contributed by atoms with Crippen LogP contribution >= 0.6 is 11.6 Å². The van der Waals surface area contributed by atoms with Crippen molar-refractivity contribution >= 4 is 34.4 Å². The molecule has 0 atom stereocenters. The van der Waals surface area contributed by atoms with Gasteiger partial charge in [0.1, 0.15) is 17.4 Å². The first-order valence-electron chi connectivity index (χ1n) is 11.0. The van der Waals surface area contributed by atoms with Crippen LogP contribution in [0.5, 0.6) is 0 Å². The van der Waals surface area contributed by atoms with Crippen LogP contribution in [0.2, 0.25) is 5.02 Å². The van der Waals surface area contributed by atoms with Crippen molar-refractivity contribution < 1.29 is 9.18 Å². The molecule has 0 saturated heterocycles. The topological polar surface area (TPSA) is 77.6 Å². The van der Waals surface area contributed by atoms with E-state index in [-0.39, 0.29) is 24.1 Å². The minimum atomic E-state index is -0.328. The lowest BCUT2D eigenvalue weighted by molar-refractivity contribution is -0.116. The van der Waals surface area contributed by atoms with E-state index in [0.717, 1.165) is 33.3 Å². The van der Waals surface area contributed by atoms with Gasteiger partial charge in [-0.05, 0) is 48.7 Å². The van der Waals surface area contributed by atoms with Gasteiger partial charge in [0, 0.05) is 17.8 Å². The second-order valence-electron chi connectivity index (χ2n) is 8.37. The molecule has 0 radical (unpaired) electrons. The fraction of sp³-hybridized carbons (Fsp3) is 0.154. The van der Waals surface area contributed by atoms with Crippen molar-refractivity contribution in [1.82, 2.24) is 24.5 Å². The highest BCUT2D eigenvalue weighted by Gasteiger charge is 2.17. The molecule has 9 heteroatoms. The minimum Gasteiger partial charge on any atom is -0.306 e. The molecule has 176 valence electrons. The molecular formula is C26H22ClFN6O. The Morgan fingerprint density at radius 1 is 1.09 bits per heavy atom. The summed E-state index contributed by atoms with van der Waals surface area (Å²) in [5.74, 6) is -0.341. The highest BCUT2D eigenvalue weighted by atomic mass is 35.5. The maximum Gasteiger partial charge on any atom is 0.247 e. The Balaban J connectivity index is 1.36. The number of hydrogen-bond donors (Lipinski definition) is 1. The summed E-state index contributed by atoms with van der Waals surface area (Å²) in [6, 6.07) is 16.2. The van der Waals surface area contributed by atoms with Gasteiger partial charge in [0.2, 0.25) is 5.91 Å². The normalized spacial score (nSPS) is 11.2. The fourth-order valence-electron chi connectivity index (χ4n) is 4.13. The van der Waals surface area contributed by atoms with Crippen LogP contribution in [0.1, 0.15) is 16.8 Å². The lowest BCUT2D eigenvalue weighted by Gasteiger charge is -2.06. The average molecular weight is 489 g/mol. The van der Waals surface area contributed by atoms with Gasteiger partial charge < -0.3 is 5.32 Å². The van der Waals surface area contributed by atoms with Gasteiger partial charge in [-0.2, -0.15) is 10.2 Å². The zero-order valence-electron chi connectivity index (χ0n) is 19.2. The highest BCUT2D eigenvalue weighted by molar-refractivity contribution is 6.33. The van der Waals surface area contributed by atoms with Gasteiger partial charge in [-0.1, -0.05) is 53.6 Å². The summed E-state index contributed by atoms with van der Waals surface area (Å²) in [7, 11) is 0. The Kier molecular flexibility index (Phi) is 6.05. The lowest BCUT2D eigenvalue weighted by atomic mass is 10.0. The third kappa shape index (κ3) is 4.79. The van der Waals surface area contributed by atoms with Crippen LogP contribution in [-0.2, 0) is 17.9 Å². The Morgan fingerprint density at radius 3 is 2.66 bits per heavy atom. The Labute approximate surface area is 206 Å². The first-order valence-corrected chi connectivity index (χ1v) is 11.4. The summed E-state index contributed by atoms with van der Waals surface area (Å²) in [4.78, 5) is 17.3. The highest BCUT2D eigenvalue weighted by Crippen LogP contribution is 2.30. The SMILES string of the molecule is Cc1cccc(Cn2cc(Cl)c(NC(=O)Cn3nc(C)c4c(-c5ccc(F)cc5)ccnc43)n2)c1. The maximum atomic E-state index is 13.4. The molecule has 5 rings (SSSR count). The van der Waals surface area contributed by atoms with Crippen molar-refractivity contribution in [2.45, 2.75) is 26.9 Å². The number of nitrogens with zero attached hydrogens (tertiary/aromatic N) is 5. The van der Waals surface area contributed by atoms with Crippen LogP contribution in [0.25, 0.3) is 22.2 Å². The van der Waals surface area contributed by atoms with Gasteiger partial charge in [-0.3, -0.25) is 9.48 Å². The van der Waals surface area contributed by atoms with Crippen molar-refractivity contribution in [3.8, 4) is 11.1 Å². The number of nitrogens with one attached hydrogen (secondary N) is 1. The number of benzene rings is 2. The van der Waals surface area contributed by atoms with Crippen molar-refractivity contribution in [2.24, 2.45) is 0 Å². The zero-order valence-corrected chi connectivity index (χ0v) is 19.9. The van der Waals surface area contributed by atoms with Gasteiger partial charge in [-0.25, -0.2) is 14.1 Å². The van der Waals surface area contributed by atoms with Crippen LogP contribution in [0.4, 0.5) is 10.2 Å². The van der Waals surface area contributed by atoms with Crippen LogP contribution in [0.3, 0.4) is 0 Å². The number of halogens is 2. The minimum absolute atomic E-state index is 0.0642. The Bertz CT molecular complexity index is 1540. The number of aromatic nitrogens is 5. The van der Waals surface area contributed by atoms with Gasteiger partial charge in [0.25, 0.3) is 0 Å². The molecule has 3 heterocycles. The molecular weight excluding hydrogens is 467 g/mol. The molecule has 0 bridgehead atoms. The number of carbonyl (C=O) groups is 1. The average Bonchev–Trinajstić information content (AvgIpc) is 3.32. The molecule has 35 heavy (non-hydrogen) atoms. The van der Waals surface area contributed by atoms with Crippen LogP contribution in [0, 0.1) is 19.7 Å². The fourth-order valence-corrected chi connectivity index (χ4v) is 4.33. The molecule has 0 aliphatic heterocycles. The number of rotatable bonds is 6. The predicted octanol–water partition coefficient (Wildman–Crippen LogP) is 5.39. The largest absolute Gasteiger partial charge is 0.306 e. The summed E-state index contributed by atoms with van der Waals surface area (Å²) < 4.78 is 16.6. The third-order valence-corrected chi connectivity index (χ3v) is 5.94. The molecule has 7 nitrogen and oxygen atoms in total. The van der Waals surface area contributed by atoms with E-state index >= 15 is 0 Å². The molecule has 1 amide bonds. The van der Waals surface area contributed by atoms with Crippen LogP contribution in [-0.4, -0.2) is 30.5 Å². The van der Waals surface area contributed by atoms with E-state index in [1.807, 2.05) is 38.1 Å². The standard InChI is InChI=1S/C26H22ClFN6O/c1-16-4-3-5-18(12-16)13-33-14-22(27)25(32-33)30-23(35)15-34-26-24(17(2)31-34)21(10-11-29-26)19-6-8-20(28)9-7-19/h3-12,14H,13,15H2,1-2H3,(H,30,32,35). The molecule has 0 saturated carbocycles. The van der Waals surface area contributed by atoms with E-state index in [1.54, 1.807) is 33.9 Å². The molecule has 0 aliphatic carbocycles. The van der Waals surface area contributed by atoms with Gasteiger partial charge in [0.05, 0.1) is 12.2 Å². The Hall–Kier alpha value is -4.04. The quantitative estimate of drug-likeness (QED) is 0.347. The lowest BCUT2D eigenvalue weighted by Crippen LogP contribution is -2.20. The number of anilines is 1. The predicted molar refractivity (Wildman–Crippen MR) is 134 cm³/mol. The van der Waals surface area contributed by atoms with Gasteiger partial charge in [0.15, 0.2) is 11.5 Å². The zero-order chi connectivity index (χ0) is 24.5. The van der Waals surface area contributed by atoms with E-state index in [1.165, 1.54) is 12.1 Å². The molecule has 1 N–H and O–H groups in total. The van der Waals surface area contributed by atoms with Crippen molar-refractivity contribution in [3.05, 3.63) is 94.7 Å². The number of aryl methyl sites for hydroxylation is 2. The van der Waals surface area contributed by atoms with Crippen LogP contribution < -0.4 is 5.32 Å². The number of amides is 1. The van der Waals surface area contributed by atoms with Crippen molar-refractivity contribution in [3.63, 3.8) is 0 Å². The van der Waals surface area contributed by atoms with Gasteiger partial charge >= 0.3 is 0 Å². The molecule has 2 aromatic carbocycles. The maximum absolute atomic E-state index is 13.4. The van der Waals surface area contributed by atoms with Crippen LogP contribution in [0.15, 0.2) is 67.0 Å². The summed E-state index contributed by atoms with van der Waals surface area (Å²) >= 11 is 6.33. The summed E-state index contributed by atoms with van der Waals surface area (Å²) in [5.41, 5.74) is 5.25. The molecule has 0 aliphatic rings. The smallest absolute Gasteiger partial charge is 0.247 e. The molecule has 0 fully saturated rings. The molecule has 0 spiro atoms. The third-order valence-electron chi connectivity index (χ3n) is 5.66. The van der Waals surface area contributed by atoms with E-state index < -0.39 is 0 Å². The van der Waals surface area contributed by atoms with Crippen molar-refractivity contribution in [1.29, 1.82) is 0 Å². The number of carbonyl (C=O) groups excluding carboxylic acids is 1. The van der Waals surface area contributed by atoms with E-state index in [9.17, 15) is 9.18 Å². The monoisotopic (exact) mass is 488 g/mol. The van der Waals surface area contributed by atoms with E-state index in [4.69, 9.17) is 11.6 Å². The first kappa shape index (κ1) is 22.7. The second-order valence-corrected chi connectivity index (χ2v) is 8.77. The molecule has 3 aromatic heterocycles. The molecule has 0 unspecified atom stereocenters. The number of fused-ring (bicyclic) bond motifs is 1. The molecule has 5 aromatic rings. The number of hydrogen-bond acceptors (Lipinski definition) is 4. The summed E-state index contributed by atoms with van der Waals surface area (Å²) in [5, 5.41) is 12.9. The number of pyridine rings is 1. The first-order chi connectivity index (χ1) is 16.9. The van der Waals surface area contributed by atoms with Crippen molar-refractivity contribution in [2.75, 3.05) is 5.32 Å².